The summed E-state index contributed by atoms with van der Waals surface area (Å²) in [7, 11) is 0. The van der Waals surface area contributed by atoms with Gasteiger partial charge in [-0.05, 0) is 24.6 Å². The largest absolute Gasteiger partial charge is 0.479 e. The Morgan fingerprint density at radius 2 is 1.97 bits per heavy atom. The third-order valence-electron chi connectivity index (χ3n) is 5.44. The molecule has 2 amide bonds. The van der Waals surface area contributed by atoms with Crippen molar-refractivity contribution in [3.8, 4) is 23.2 Å². The van der Waals surface area contributed by atoms with Gasteiger partial charge < -0.3 is 19.5 Å². The highest BCUT2D eigenvalue weighted by Crippen LogP contribution is 2.17. The lowest BCUT2D eigenvalue weighted by molar-refractivity contribution is 0.126. The second-order valence-corrected chi connectivity index (χ2v) is 7.89. The number of nitrogens with zero attached hydrogens (tertiary/aromatic N) is 5. The van der Waals surface area contributed by atoms with Crippen LogP contribution in [0.2, 0.25) is 0 Å². The molecule has 2 heterocycles. The minimum absolute atomic E-state index is 0.00303. The smallest absolute Gasteiger partial charge is 0.317 e. The van der Waals surface area contributed by atoms with E-state index in [-0.39, 0.29) is 12.6 Å². The summed E-state index contributed by atoms with van der Waals surface area (Å²) in [5.74, 6) is 1.77. The van der Waals surface area contributed by atoms with Gasteiger partial charge in [0.25, 0.3) is 0 Å². The third kappa shape index (κ3) is 6.08. The molecule has 2 aromatic carbocycles. The Kier molecular flexibility index (Phi) is 7.17. The van der Waals surface area contributed by atoms with Crippen molar-refractivity contribution in [1.82, 2.24) is 25.3 Å². The maximum atomic E-state index is 12.6. The van der Waals surface area contributed by atoms with Crippen molar-refractivity contribution < 1.29 is 14.1 Å². The second-order valence-electron chi connectivity index (χ2n) is 7.89. The Bertz CT molecular complexity index is 1110. The van der Waals surface area contributed by atoms with Gasteiger partial charge in [-0.3, -0.25) is 4.90 Å². The summed E-state index contributed by atoms with van der Waals surface area (Å²) in [6.45, 7) is 5.69. The summed E-state index contributed by atoms with van der Waals surface area (Å²) >= 11 is 0. The predicted molar refractivity (Wildman–Crippen MR) is 121 cm³/mol. The average Bonchev–Trinajstić information content (AvgIpc) is 3.31. The highest BCUT2D eigenvalue weighted by molar-refractivity contribution is 5.74. The van der Waals surface area contributed by atoms with E-state index in [0.717, 1.165) is 24.2 Å². The summed E-state index contributed by atoms with van der Waals surface area (Å²) in [6, 6.07) is 17.2. The van der Waals surface area contributed by atoms with Gasteiger partial charge in [0.2, 0.25) is 11.7 Å². The van der Waals surface area contributed by atoms with E-state index >= 15 is 0 Å². The molecular formula is C24H26N6O3. The minimum Gasteiger partial charge on any atom is -0.479 e. The van der Waals surface area contributed by atoms with Crippen molar-refractivity contribution in [3.63, 3.8) is 0 Å². The summed E-state index contributed by atoms with van der Waals surface area (Å²) < 4.78 is 10.7. The average molecular weight is 447 g/mol. The van der Waals surface area contributed by atoms with E-state index in [1.165, 1.54) is 5.56 Å². The molecule has 9 heteroatoms. The van der Waals surface area contributed by atoms with Gasteiger partial charge in [0.1, 0.15) is 11.8 Å². The third-order valence-corrected chi connectivity index (χ3v) is 5.44. The number of aryl methyl sites for hydroxylation is 1. The molecule has 9 nitrogen and oxygen atoms in total. The molecule has 1 N–H and O–H groups in total. The van der Waals surface area contributed by atoms with E-state index in [0.29, 0.717) is 43.6 Å². The van der Waals surface area contributed by atoms with Crippen LogP contribution in [0.1, 0.15) is 17.0 Å². The molecule has 4 rings (SSSR count). The van der Waals surface area contributed by atoms with Gasteiger partial charge in [-0.2, -0.15) is 10.2 Å². The first-order valence-electron chi connectivity index (χ1n) is 10.8. The van der Waals surface area contributed by atoms with E-state index in [1.54, 1.807) is 11.0 Å². The standard InChI is InChI=1S/C24H26N6O3/c1-18-5-7-20(8-6-18)23-27-22(33-28-23)17-29-10-12-30(13-11-29)24(31)26-16-19-3-2-4-21(15-19)32-14-9-25/h2-8,15H,10-14,16-17H2,1H3,(H,26,31). The molecule has 0 saturated carbocycles. The first kappa shape index (κ1) is 22.3. The molecule has 1 aliphatic heterocycles. The number of ether oxygens (including phenoxy) is 1. The lowest BCUT2D eigenvalue weighted by Gasteiger charge is -2.33. The molecule has 0 unspecified atom stereocenters. The van der Waals surface area contributed by atoms with Crippen LogP contribution in [0.3, 0.4) is 0 Å². The summed E-state index contributed by atoms with van der Waals surface area (Å²) in [4.78, 5) is 21.1. The molecule has 170 valence electrons. The SMILES string of the molecule is Cc1ccc(-c2noc(CN3CCN(C(=O)NCc4cccc(OCC#N)c4)CC3)n2)cc1. The number of hydrogen-bond donors (Lipinski definition) is 1. The van der Waals surface area contributed by atoms with Gasteiger partial charge in [0, 0.05) is 38.3 Å². The number of carbonyl (C=O) groups is 1. The number of rotatable bonds is 7. The Morgan fingerprint density at radius 3 is 2.73 bits per heavy atom. The highest BCUT2D eigenvalue weighted by atomic mass is 16.5. The Morgan fingerprint density at radius 1 is 1.18 bits per heavy atom. The number of amides is 2. The number of piperazine rings is 1. The van der Waals surface area contributed by atoms with E-state index in [9.17, 15) is 4.79 Å². The molecule has 3 aromatic rings. The number of aromatic nitrogens is 2. The molecule has 0 bridgehead atoms. The molecule has 33 heavy (non-hydrogen) atoms. The number of hydrogen-bond acceptors (Lipinski definition) is 7. The van der Waals surface area contributed by atoms with Crippen LogP contribution in [-0.2, 0) is 13.1 Å². The topological polar surface area (TPSA) is 108 Å². The number of nitrogens with one attached hydrogen (secondary N) is 1. The van der Waals surface area contributed by atoms with Crippen LogP contribution in [0.15, 0.2) is 53.1 Å². The molecule has 0 spiro atoms. The van der Waals surface area contributed by atoms with Crippen molar-refractivity contribution in [1.29, 1.82) is 5.26 Å². The molecule has 0 atom stereocenters. The van der Waals surface area contributed by atoms with E-state index in [1.807, 2.05) is 55.5 Å². The van der Waals surface area contributed by atoms with Gasteiger partial charge in [0.15, 0.2) is 6.61 Å². The molecule has 0 aliphatic carbocycles. The van der Waals surface area contributed by atoms with Crippen molar-refractivity contribution in [3.05, 3.63) is 65.5 Å². The van der Waals surface area contributed by atoms with Crippen molar-refractivity contribution in [2.75, 3.05) is 32.8 Å². The van der Waals surface area contributed by atoms with Gasteiger partial charge >= 0.3 is 6.03 Å². The van der Waals surface area contributed by atoms with Crippen molar-refractivity contribution >= 4 is 6.03 Å². The van der Waals surface area contributed by atoms with Crippen LogP contribution in [0.5, 0.6) is 5.75 Å². The fourth-order valence-corrected chi connectivity index (χ4v) is 3.59. The fraction of sp³-hybridized carbons (Fsp3) is 0.333. The molecule has 1 aliphatic rings. The van der Waals surface area contributed by atoms with Crippen LogP contribution in [0, 0.1) is 18.3 Å². The normalized spacial score (nSPS) is 14.0. The van der Waals surface area contributed by atoms with Crippen LogP contribution in [-0.4, -0.2) is 58.8 Å². The number of nitriles is 1. The van der Waals surface area contributed by atoms with Gasteiger partial charge in [-0.15, -0.1) is 0 Å². The lowest BCUT2D eigenvalue weighted by atomic mass is 10.1. The quantitative estimate of drug-likeness (QED) is 0.594. The van der Waals surface area contributed by atoms with Crippen LogP contribution >= 0.6 is 0 Å². The Labute approximate surface area is 192 Å². The first-order valence-corrected chi connectivity index (χ1v) is 10.8. The zero-order valence-corrected chi connectivity index (χ0v) is 18.5. The predicted octanol–water partition coefficient (Wildman–Crippen LogP) is 2.97. The number of urea groups is 1. The maximum absolute atomic E-state index is 12.6. The van der Waals surface area contributed by atoms with Gasteiger partial charge in [-0.25, -0.2) is 4.79 Å². The van der Waals surface area contributed by atoms with E-state index in [2.05, 4.69) is 20.4 Å². The van der Waals surface area contributed by atoms with E-state index < -0.39 is 0 Å². The van der Waals surface area contributed by atoms with Crippen LogP contribution < -0.4 is 10.1 Å². The molecule has 1 fully saturated rings. The monoisotopic (exact) mass is 446 g/mol. The Hall–Kier alpha value is -3.90. The van der Waals surface area contributed by atoms with Crippen LogP contribution in [0.4, 0.5) is 4.79 Å². The second kappa shape index (κ2) is 10.6. The molecular weight excluding hydrogens is 420 g/mol. The summed E-state index contributed by atoms with van der Waals surface area (Å²) in [6.07, 6.45) is 0. The number of benzene rings is 2. The van der Waals surface area contributed by atoms with Gasteiger partial charge in [0.05, 0.1) is 6.54 Å². The molecule has 0 radical (unpaired) electrons. The van der Waals surface area contributed by atoms with Gasteiger partial charge in [-0.1, -0.05) is 47.1 Å². The Balaban J connectivity index is 1.22. The van der Waals surface area contributed by atoms with Crippen molar-refractivity contribution in [2.24, 2.45) is 0 Å². The fourth-order valence-electron chi connectivity index (χ4n) is 3.59. The maximum Gasteiger partial charge on any atom is 0.317 e. The first-order chi connectivity index (χ1) is 16.1. The zero-order chi connectivity index (χ0) is 23.0. The summed E-state index contributed by atoms with van der Waals surface area (Å²) in [5, 5.41) is 15.7. The highest BCUT2D eigenvalue weighted by Gasteiger charge is 2.22. The molecule has 1 saturated heterocycles. The summed E-state index contributed by atoms with van der Waals surface area (Å²) in [5.41, 5.74) is 3.03. The minimum atomic E-state index is -0.0996. The molecule has 1 aromatic heterocycles. The van der Waals surface area contributed by atoms with Crippen molar-refractivity contribution in [2.45, 2.75) is 20.0 Å². The van der Waals surface area contributed by atoms with E-state index in [4.69, 9.17) is 14.5 Å². The number of carbonyl (C=O) groups excluding carboxylic acids is 1. The lowest BCUT2D eigenvalue weighted by Crippen LogP contribution is -2.51. The zero-order valence-electron chi connectivity index (χ0n) is 18.5. The van der Waals surface area contributed by atoms with Crippen LogP contribution in [0.25, 0.3) is 11.4 Å².